The molecular formula is C9H13N3O4. The Kier molecular flexibility index (Phi) is 3.87. The number of esters is 1. The summed E-state index contributed by atoms with van der Waals surface area (Å²) in [5, 5.41) is 0. The van der Waals surface area contributed by atoms with E-state index in [9.17, 15) is 9.59 Å². The van der Waals surface area contributed by atoms with Crippen molar-refractivity contribution in [2.24, 2.45) is 5.73 Å². The molecule has 0 saturated carbocycles. The molecule has 0 saturated heterocycles. The van der Waals surface area contributed by atoms with Crippen LogP contribution in [0.3, 0.4) is 0 Å². The molecule has 0 aliphatic heterocycles. The number of carbonyl (C=O) groups excluding carboxylic acids is 2. The minimum absolute atomic E-state index is 0.0389. The number of carbonyl (C=O) groups is 2. The molecule has 7 nitrogen and oxygen atoms in total. The van der Waals surface area contributed by atoms with Crippen LogP contribution in [0.5, 0.6) is 0 Å². The molecule has 7 heteroatoms. The summed E-state index contributed by atoms with van der Waals surface area (Å²) in [6.45, 7) is 1.92. The number of hydrogen-bond donors (Lipinski definition) is 1. The molecule has 0 spiro atoms. The fourth-order valence-electron chi connectivity index (χ4n) is 1.04. The van der Waals surface area contributed by atoms with E-state index in [4.69, 9.17) is 14.9 Å². The molecule has 1 aromatic heterocycles. The number of rotatable bonds is 5. The highest BCUT2D eigenvalue weighted by Crippen LogP contribution is 2.12. The number of ether oxygens (including phenoxy) is 1. The van der Waals surface area contributed by atoms with Crippen molar-refractivity contribution in [1.29, 1.82) is 0 Å². The quantitative estimate of drug-likeness (QED) is 0.698. The van der Waals surface area contributed by atoms with Crippen molar-refractivity contribution >= 4 is 17.9 Å². The second-order valence-corrected chi connectivity index (χ2v) is 3.06. The molecule has 0 unspecified atom stereocenters. The van der Waals surface area contributed by atoms with Gasteiger partial charge in [0.1, 0.15) is 12.8 Å². The summed E-state index contributed by atoms with van der Waals surface area (Å²) in [5.74, 6) is -1.08. The second kappa shape index (κ2) is 5.15. The summed E-state index contributed by atoms with van der Waals surface area (Å²) in [4.78, 5) is 27.1. The Bertz CT molecular complexity index is 388. The Labute approximate surface area is 92.2 Å². The zero-order chi connectivity index (χ0) is 12.1. The van der Waals surface area contributed by atoms with Crippen molar-refractivity contribution in [3.63, 3.8) is 0 Å². The maximum atomic E-state index is 11.2. The number of nitrogens with two attached hydrogens (primary N) is 1. The minimum Gasteiger partial charge on any atom is -0.461 e. The molecule has 2 N–H and O–H groups in total. The highest BCUT2D eigenvalue weighted by atomic mass is 16.5. The molecular weight excluding hydrogens is 214 g/mol. The lowest BCUT2D eigenvalue weighted by Crippen LogP contribution is -2.30. The zero-order valence-electron chi connectivity index (χ0n) is 9.10. The molecule has 0 bridgehead atoms. The largest absolute Gasteiger partial charge is 0.461 e. The summed E-state index contributed by atoms with van der Waals surface area (Å²) in [6, 6.07) is 0.141. The molecule has 0 aliphatic carbocycles. The van der Waals surface area contributed by atoms with Crippen LogP contribution in [-0.2, 0) is 9.53 Å². The Hall–Kier alpha value is -2.05. The number of aromatic nitrogens is 1. The van der Waals surface area contributed by atoms with E-state index >= 15 is 0 Å². The van der Waals surface area contributed by atoms with Crippen molar-refractivity contribution in [2.75, 3.05) is 25.1 Å². The van der Waals surface area contributed by atoms with Crippen LogP contribution >= 0.6 is 0 Å². The van der Waals surface area contributed by atoms with Crippen LogP contribution in [0.4, 0.5) is 6.01 Å². The lowest BCUT2D eigenvalue weighted by atomic mass is 10.5. The third kappa shape index (κ3) is 2.97. The number of likely N-dealkylation sites (N-methyl/N-ethyl adjacent to an activating group) is 1. The molecule has 1 heterocycles. The number of nitrogens with zero attached hydrogens (tertiary/aromatic N) is 2. The topological polar surface area (TPSA) is 98.7 Å². The van der Waals surface area contributed by atoms with Gasteiger partial charge in [0, 0.05) is 7.05 Å². The Balaban J connectivity index is 2.70. The molecule has 1 amide bonds. The molecule has 1 rings (SSSR count). The maximum absolute atomic E-state index is 11.2. The molecule has 16 heavy (non-hydrogen) atoms. The Morgan fingerprint density at radius 2 is 2.31 bits per heavy atom. The van der Waals surface area contributed by atoms with Crippen molar-refractivity contribution in [1.82, 2.24) is 4.98 Å². The maximum Gasteiger partial charge on any atom is 0.360 e. The third-order valence-electron chi connectivity index (χ3n) is 1.70. The predicted molar refractivity (Wildman–Crippen MR) is 54.9 cm³/mol. The molecule has 0 aromatic carbocycles. The first kappa shape index (κ1) is 12.0. The predicted octanol–water partition coefficient (Wildman–Crippen LogP) is -0.227. The Morgan fingerprint density at radius 3 is 2.88 bits per heavy atom. The summed E-state index contributed by atoms with van der Waals surface area (Å²) in [5.41, 5.74) is 5.07. The van der Waals surface area contributed by atoms with Gasteiger partial charge in [-0.3, -0.25) is 4.79 Å². The van der Waals surface area contributed by atoms with E-state index in [0.717, 1.165) is 0 Å². The number of hydrogen-bond acceptors (Lipinski definition) is 6. The van der Waals surface area contributed by atoms with E-state index < -0.39 is 11.9 Å². The summed E-state index contributed by atoms with van der Waals surface area (Å²) in [6.07, 6.45) is 1.17. The molecule has 0 radical (unpaired) electrons. The molecule has 0 aliphatic rings. The van der Waals surface area contributed by atoms with E-state index in [0.29, 0.717) is 0 Å². The van der Waals surface area contributed by atoms with Gasteiger partial charge in [-0.05, 0) is 6.92 Å². The van der Waals surface area contributed by atoms with Gasteiger partial charge in [-0.25, -0.2) is 4.79 Å². The highest BCUT2D eigenvalue weighted by Gasteiger charge is 2.16. The first-order chi connectivity index (χ1) is 7.54. The van der Waals surface area contributed by atoms with Crippen molar-refractivity contribution < 1.29 is 18.7 Å². The monoisotopic (exact) mass is 227 g/mol. The SMILES string of the molecule is CCOC(=O)c1coc(N(C)CC(N)=O)n1. The van der Waals surface area contributed by atoms with Crippen LogP contribution in [0.25, 0.3) is 0 Å². The average molecular weight is 227 g/mol. The van der Waals surface area contributed by atoms with E-state index in [-0.39, 0.29) is 24.9 Å². The van der Waals surface area contributed by atoms with Crippen LogP contribution in [0, 0.1) is 0 Å². The van der Waals surface area contributed by atoms with E-state index in [1.807, 2.05) is 0 Å². The molecule has 88 valence electrons. The van der Waals surface area contributed by atoms with Gasteiger partial charge in [0.05, 0.1) is 6.61 Å². The van der Waals surface area contributed by atoms with E-state index in [1.165, 1.54) is 11.2 Å². The van der Waals surface area contributed by atoms with Crippen LogP contribution in [0.1, 0.15) is 17.4 Å². The van der Waals surface area contributed by atoms with Gasteiger partial charge < -0.3 is 19.8 Å². The van der Waals surface area contributed by atoms with Crippen LogP contribution in [-0.4, -0.2) is 37.1 Å². The van der Waals surface area contributed by atoms with Crippen LogP contribution in [0.15, 0.2) is 10.7 Å². The molecule has 1 aromatic rings. The van der Waals surface area contributed by atoms with Gasteiger partial charge in [-0.2, -0.15) is 4.98 Å². The first-order valence-corrected chi connectivity index (χ1v) is 4.66. The zero-order valence-corrected chi connectivity index (χ0v) is 9.10. The standard InChI is InChI=1S/C9H13N3O4/c1-3-15-8(14)6-5-16-9(11-6)12(2)4-7(10)13/h5H,3-4H2,1-2H3,(H2,10,13). The number of primary amides is 1. The van der Waals surface area contributed by atoms with Crippen molar-refractivity contribution in [3.05, 3.63) is 12.0 Å². The smallest absolute Gasteiger partial charge is 0.360 e. The number of anilines is 1. The van der Waals surface area contributed by atoms with Crippen LogP contribution < -0.4 is 10.6 Å². The summed E-state index contributed by atoms with van der Waals surface area (Å²) < 4.78 is 9.73. The molecule has 0 atom stereocenters. The average Bonchev–Trinajstić information content (AvgIpc) is 2.65. The van der Waals surface area contributed by atoms with E-state index in [1.54, 1.807) is 14.0 Å². The summed E-state index contributed by atoms with van der Waals surface area (Å²) >= 11 is 0. The van der Waals surface area contributed by atoms with Gasteiger partial charge in [-0.15, -0.1) is 0 Å². The number of oxazole rings is 1. The summed E-state index contributed by atoms with van der Waals surface area (Å²) in [7, 11) is 1.57. The van der Waals surface area contributed by atoms with Crippen LogP contribution in [0.2, 0.25) is 0 Å². The number of amides is 1. The van der Waals surface area contributed by atoms with Gasteiger partial charge in [0.25, 0.3) is 6.01 Å². The normalized spacial score (nSPS) is 9.88. The van der Waals surface area contributed by atoms with Gasteiger partial charge in [0.15, 0.2) is 5.69 Å². The molecule has 0 fully saturated rings. The van der Waals surface area contributed by atoms with Gasteiger partial charge >= 0.3 is 5.97 Å². The minimum atomic E-state index is -0.565. The third-order valence-corrected chi connectivity index (χ3v) is 1.70. The van der Waals surface area contributed by atoms with Gasteiger partial charge in [0.2, 0.25) is 5.91 Å². The van der Waals surface area contributed by atoms with Gasteiger partial charge in [-0.1, -0.05) is 0 Å². The second-order valence-electron chi connectivity index (χ2n) is 3.06. The van der Waals surface area contributed by atoms with Crippen molar-refractivity contribution in [3.8, 4) is 0 Å². The Morgan fingerprint density at radius 1 is 1.62 bits per heavy atom. The fraction of sp³-hybridized carbons (Fsp3) is 0.444. The van der Waals surface area contributed by atoms with E-state index in [2.05, 4.69) is 4.98 Å². The lowest BCUT2D eigenvalue weighted by molar-refractivity contribution is -0.116. The highest BCUT2D eigenvalue weighted by molar-refractivity contribution is 5.87. The van der Waals surface area contributed by atoms with Crippen molar-refractivity contribution in [2.45, 2.75) is 6.92 Å². The first-order valence-electron chi connectivity index (χ1n) is 4.66. The lowest BCUT2D eigenvalue weighted by Gasteiger charge is -2.10. The fourth-order valence-corrected chi connectivity index (χ4v) is 1.04.